The van der Waals surface area contributed by atoms with E-state index in [1.165, 1.54) is 7.11 Å². The van der Waals surface area contributed by atoms with Gasteiger partial charge in [-0.3, -0.25) is 4.79 Å². The fourth-order valence-electron chi connectivity index (χ4n) is 0.948. The Labute approximate surface area is 70.7 Å². The number of aromatic nitrogens is 1. The molecule has 1 aromatic rings. The number of nitrogens with two attached hydrogens (primary N) is 1. The number of aromatic amines is 1. The minimum atomic E-state index is -0.299. The first-order valence-corrected chi connectivity index (χ1v) is 3.69. The lowest BCUT2D eigenvalue weighted by atomic mass is 10.1. The molecule has 4 nitrogen and oxygen atoms in total. The van der Waals surface area contributed by atoms with Crippen molar-refractivity contribution in [2.45, 2.75) is 12.5 Å². The summed E-state index contributed by atoms with van der Waals surface area (Å²) in [6.07, 6.45) is 1.98. The van der Waals surface area contributed by atoms with Crippen LogP contribution in [-0.4, -0.2) is 18.1 Å². The fraction of sp³-hybridized carbons (Fsp3) is 0.375. The molecule has 0 spiro atoms. The van der Waals surface area contributed by atoms with E-state index in [0.29, 0.717) is 0 Å². The van der Waals surface area contributed by atoms with E-state index in [2.05, 4.69) is 9.72 Å². The Hall–Kier alpha value is -1.29. The molecule has 0 radical (unpaired) electrons. The van der Waals surface area contributed by atoms with Crippen molar-refractivity contribution in [2.75, 3.05) is 7.11 Å². The second-order valence-corrected chi connectivity index (χ2v) is 2.51. The van der Waals surface area contributed by atoms with Gasteiger partial charge in [0, 0.05) is 11.9 Å². The van der Waals surface area contributed by atoms with E-state index in [-0.39, 0.29) is 18.4 Å². The standard InChI is InChI=1S/C8H12N2O2/c1-12-8(11)5-6(9)7-3-2-4-10-7/h2-4,6,10H,5,9H2,1H3/t6-/m0/s1. The maximum Gasteiger partial charge on any atom is 0.307 e. The Morgan fingerprint density at radius 3 is 3.08 bits per heavy atom. The van der Waals surface area contributed by atoms with Crippen molar-refractivity contribution in [2.24, 2.45) is 5.73 Å². The topological polar surface area (TPSA) is 68.1 Å². The van der Waals surface area contributed by atoms with Crippen molar-refractivity contribution in [3.8, 4) is 0 Å². The Kier molecular flexibility index (Phi) is 2.88. The molecule has 0 unspecified atom stereocenters. The Morgan fingerprint density at radius 2 is 2.58 bits per heavy atom. The molecule has 66 valence electrons. The van der Waals surface area contributed by atoms with Crippen LogP contribution in [0.1, 0.15) is 18.2 Å². The van der Waals surface area contributed by atoms with Crippen molar-refractivity contribution < 1.29 is 9.53 Å². The van der Waals surface area contributed by atoms with E-state index in [1.54, 1.807) is 6.20 Å². The summed E-state index contributed by atoms with van der Waals surface area (Å²) in [5.41, 5.74) is 6.53. The molecule has 0 saturated carbocycles. The molecule has 0 saturated heterocycles. The highest BCUT2D eigenvalue weighted by molar-refractivity contribution is 5.70. The smallest absolute Gasteiger partial charge is 0.307 e. The third-order valence-corrected chi connectivity index (χ3v) is 1.64. The van der Waals surface area contributed by atoms with Crippen molar-refractivity contribution in [3.05, 3.63) is 24.0 Å². The van der Waals surface area contributed by atoms with Crippen LogP contribution in [0.4, 0.5) is 0 Å². The monoisotopic (exact) mass is 168 g/mol. The average Bonchev–Trinajstić information content (AvgIpc) is 2.56. The minimum Gasteiger partial charge on any atom is -0.469 e. The zero-order chi connectivity index (χ0) is 8.97. The summed E-state index contributed by atoms with van der Waals surface area (Å²) in [6, 6.07) is 3.38. The lowest BCUT2D eigenvalue weighted by Crippen LogP contribution is -2.16. The first-order valence-electron chi connectivity index (χ1n) is 3.69. The van der Waals surface area contributed by atoms with Crippen molar-refractivity contribution in [3.63, 3.8) is 0 Å². The van der Waals surface area contributed by atoms with Crippen LogP contribution in [0, 0.1) is 0 Å². The summed E-state index contributed by atoms with van der Waals surface area (Å²) in [4.78, 5) is 13.7. The molecule has 0 aliphatic heterocycles. The predicted octanol–water partition coefficient (Wildman–Crippen LogP) is 0.578. The Bertz CT molecular complexity index is 244. The molecule has 1 atom stereocenters. The molecule has 0 amide bonds. The van der Waals surface area contributed by atoms with Gasteiger partial charge in [0.05, 0.1) is 19.6 Å². The average molecular weight is 168 g/mol. The van der Waals surface area contributed by atoms with Crippen LogP contribution in [0.15, 0.2) is 18.3 Å². The number of nitrogens with one attached hydrogen (secondary N) is 1. The van der Waals surface area contributed by atoms with E-state index < -0.39 is 0 Å². The van der Waals surface area contributed by atoms with Gasteiger partial charge in [-0.25, -0.2) is 0 Å². The molecule has 0 bridgehead atoms. The third-order valence-electron chi connectivity index (χ3n) is 1.64. The molecular formula is C8H12N2O2. The maximum atomic E-state index is 10.8. The molecule has 0 aliphatic rings. The number of hydrogen-bond donors (Lipinski definition) is 2. The van der Waals surface area contributed by atoms with Crippen molar-refractivity contribution in [1.29, 1.82) is 0 Å². The van der Waals surface area contributed by atoms with Crippen LogP contribution in [0.2, 0.25) is 0 Å². The number of carbonyl (C=O) groups excluding carboxylic acids is 1. The van der Waals surface area contributed by atoms with Crippen molar-refractivity contribution >= 4 is 5.97 Å². The molecule has 0 aromatic carbocycles. The molecule has 1 aromatic heterocycles. The largest absolute Gasteiger partial charge is 0.469 e. The van der Waals surface area contributed by atoms with Gasteiger partial charge in [0.25, 0.3) is 0 Å². The highest BCUT2D eigenvalue weighted by Crippen LogP contribution is 2.11. The van der Waals surface area contributed by atoms with Gasteiger partial charge in [0.2, 0.25) is 0 Å². The summed E-state index contributed by atoms with van der Waals surface area (Å²) < 4.78 is 4.49. The summed E-state index contributed by atoms with van der Waals surface area (Å²) in [6.45, 7) is 0. The normalized spacial score (nSPS) is 12.5. The van der Waals surface area contributed by atoms with Crippen LogP contribution < -0.4 is 5.73 Å². The number of rotatable bonds is 3. The molecule has 1 heterocycles. The Morgan fingerprint density at radius 1 is 1.83 bits per heavy atom. The molecule has 0 fully saturated rings. The molecule has 3 N–H and O–H groups in total. The molecule has 4 heteroatoms. The van der Waals surface area contributed by atoms with Gasteiger partial charge in [0.15, 0.2) is 0 Å². The lowest BCUT2D eigenvalue weighted by Gasteiger charge is -2.07. The minimum absolute atomic E-state index is 0.205. The molecular weight excluding hydrogens is 156 g/mol. The highest BCUT2D eigenvalue weighted by atomic mass is 16.5. The Balaban J connectivity index is 2.49. The van der Waals surface area contributed by atoms with Crippen molar-refractivity contribution in [1.82, 2.24) is 4.98 Å². The first kappa shape index (κ1) is 8.80. The zero-order valence-electron chi connectivity index (χ0n) is 6.91. The number of H-pyrrole nitrogens is 1. The summed E-state index contributed by atoms with van der Waals surface area (Å²) in [7, 11) is 1.35. The van der Waals surface area contributed by atoms with Gasteiger partial charge in [-0.2, -0.15) is 0 Å². The molecule has 1 rings (SSSR count). The fourth-order valence-corrected chi connectivity index (χ4v) is 0.948. The van der Waals surface area contributed by atoms with Crippen LogP contribution >= 0.6 is 0 Å². The van der Waals surface area contributed by atoms with Gasteiger partial charge in [-0.15, -0.1) is 0 Å². The second kappa shape index (κ2) is 3.92. The third kappa shape index (κ3) is 2.10. The van der Waals surface area contributed by atoms with E-state index >= 15 is 0 Å². The SMILES string of the molecule is COC(=O)C[C@H](N)c1ccc[nH]1. The zero-order valence-corrected chi connectivity index (χ0v) is 6.91. The number of hydrogen-bond acceptors (Lipinski definition) is 3. The summed E-state index contributed by atoms with van der Waals surface area (Å²) in [5.74, 6) is -0.294. The molecule has 12 heavy (non-hydrogen) atoms. The predicted molar refractivity (Wildman–Crippen MR) is 44.4 cm³/mol. The van der Waals surface area contributed by atoms with Gasteiger partial charge < -0.3 is 15.5 Å². The van der Waals surface area contributed by atoms with Gasteiger partial charge in [0.1, 0.15) is 0 Å². The number of carbonyl (C=O) groups is 1. The van der Waals surface area contributed by atoms with E-state index in [0.717, 1.165) is 5.69 Å². The van der Waals surface area contributed by atoms with Crippen LogP contribution in [-0.2, 0) is 9.53 Å². The van der Waals surface area contributed by atoms with E-state index in [4.69, 9.17) is 5.73 Å². The first-order chi connectivity index (χ1) is 5.74. The number of methoxy groups -OCH3 is 1. The van der Waals surface area contributed by atoms with E-state index in [9.17, 15) is 4.79 Å². The van der Waals surface area contributed by atoms with Gasteiger partial charge in [-0.05, 0) is 12.1 Å². The van der Waals surface area contributed by atoms with Crippen LogP contribution in [0.5, 0.6) is 0 Å². The second-order valence-electron chi connectivity index (χ2n) is 2.51. The van der Waals surface area contributed by atoms with E-state index in [1.807, 2.05) is 12.1 Å². The summed E-state index contributed by atoms with van der Waals surface area (Å²) in [5, 5.41) is 0. The molecule has 0 aliphatic carbocycles. The lowest BCUT2D eigenvalue weighted by molar-refractivity contribution is -0.141. The summed E-state index contributed by atoms with van der Waals surface area (Å²) >= 11 is 0. The number of ether oxygens (including phenoxy) is 1. The maximum absolute atomic E-state index is 10.8. The van der Waals surface area contributed by atoms with Gasteiger partial charge >= 0.3 is 5.97 Å². The highest BCUT2D eigenvalue weighted by Gasteiger charge is 2.11. The van der Waals surface area contributed by atoms with Gasteiger partial charge in [-0.1, -0.05) is 0 Å². The quantitative estimate of drug-likeness (QED) is 0.648. The van der Waals surface area contributed by atoms with Crippen LogP contribution in [0.25, 0.3) is 0 Å². The van der Waals surface area contributed by atoms with Crippen LogP contribution in [0.3, 0.4) is 0 Å². The number of esters is 1.